The summed E-state index contributed by atoms with van der Waals surface area (Å²) in [7, 11) is 1.46. The predicted octanol–water partition coefficient (Wildman–Crippen LogP) is 0.0803. The first-order valence-electron chi connectivity index (χ1n) is 14.6. The number of methoxy groups -OCH3 is 1. The zero-order chi connectivity index (χ0) is 31.4. The summed E-state index contributed by atoms with van der Waals surface area (Å²) >= 11 is 0. The van der Waals surface area contributed by atoms with Crippen LogP contribution < -0.4 is 10.1 Å². The van der Waals surface area contributed by atoms with Gasteiger partial charge in [0.25, 0.3) is 0 Å². The number of carboxylic acid groups (broad SMARTS) is 1. The second-order valence-electron chi connectivity index (χ2n) is 11.0. The van der Waals surface area contributed by atoms with E-state index < -0.39 is 48.7 Å². The smallest absolute Gasteiger partial charge is 0.335 e. The Kier molecular flexibility index (Phi) is 9.78. The number of carbonyl (C=O) groups is 3. The molecule has 5 rings (SSSR count). The molecule has 0 saturated carbocycles. The van der Waals surface area contributed by atoms with E-state index in [2.05, 4.69) is 16.4 Å². The van der Waals surface area contributed by atoms with Gasteiger partial charge in [0.15, 0.2) is 6.10 Å². The Labute approximate surface area is 253 Å². The highest BCUT2D eigenvalue weighted by Gasteiger charge is 2.49. The molecular weight excluding hydrogens is 578 g/mol. The molecule has 2 fully saturated rings. The van der Waals surface area contributed by atoms with E-state index in [1.54, 1.807) is 17.0 Å². The van der Waals surface area contributed by atoms with Crippen molar-refractivity contribution in [1.82, 2.24) is 19.8 Å². The fourth-order valence-electron chi connectivity index (χ4n) is 5.66. The van der Waals surface area contributed by atoms with Crippen LogP contribution in [0.3, 0.4) is 0 Å². The number of hydrogen-bond donors (Lipinski definition) is 5. The van der Waals surface area contributed by atoms with Gasteiger partial charge in [0.2, 0.25) is 12.2 Å². The largest absolute Gasteiger partial charge is 0.481 e. The van der Waals surface area contributed by atoms with E-state index in [9.17, 15) is 34.8 Å². The molecule has 2 amide bonds. The quantitative estimate of drug-likeness (QED) is 0.213. The van der Waals surface area contributed by atoms with Gasteiger partial charge in [-0.1, -0.05) is 12.1 Å². The van der Waals surface area contributed by atoms with Gasteiger partial charge in [0.1, 0.15) is 24.1 Å². The summed E-state index contributed by atoms with van der Waals surface area (Å²) in [6.07, 6.45) is -4.95. The van der Waals surface area contributed by atoms with Crippen LogP contribution in [0.5, 0.6) is 5.88 Å². The molecule has 15 heteroatoms. The molecule has 5 heterocycles. The highest BCUT2D eigenvalue weighted by molar-refractivity contribution is 5.79. The molecule has 15 nitrogen and oxygen atoms in total. The number of aliphatic hydroxyl groups is 3. The number of urea groups is 1. The summed E-state index contributed by atoms with van der Waals surface area (Å²) in [6.45, 7) is 2.14. The van der Waals surface area contributed by atoms with Crippen molar-refractivity contribution in [1.29, 1.82) is 0 Å². The molecule has 0 bridgehead atoms. The van der Waals surface area contributed by atoms with Gasteiger partial charge < -0.3 is 49.8 Å². The minimum absolute atomic E-state index is 0.280. The van der Waals surface area contributed by atoms with Gasteiger partial charge in [0.05, 0.1) is 19.6 Å². The maximum atomic E-state index is 13.5. The van der Waals surface area contributed by atoms with Gasteiger partial charge in [-0.15, -0.1) is 0 Å². The van der Waals surface area contributed by atoms with Crippen LogP contribution in [-0.2, 0) is 31.9 Å². The zero-order valence-electron chi connectivity index (χ0n) is 24.2. The third-order valence-electron chi connectivity index (χ3n) is 8.09. The normalized spacial score (nSPS) is 25.6. The van der Waals surface area contributed by atoms with Crippen molar-refractivity contribution in [3.8, 4) is 5.88 Å². The summed E-state index contributed by atoms with van der Waals surface area (Å²) in [5.41, 5.74) is 2.68. The van der Waals surface area contributed by atoms with E-state index >= 15 is 0 Å². The van der Waals surface area contributed by atoms with E-state index in [4.69, 9.17) is 19.2 Å². The van der Waals surface area contributed by atoms with Crippen LogP contribution in [0.25, 0.3) is 0 Å². The molecule has 0 radical (unpaired) electrons. The Morgan fingerprint density at radius 1 is 1.14 bits per heavy atom. The van der Waals surface area contributed by atoms with Gasteiger partial charge in [-0.25, -0.2) is 19.6 Å². The van der Waals surface area contributed by atoms with Crippen molar-refractivity contribution in [2.24, 2.45) is 0 Å². The fourth-order valence-corrected chi connectivity index (χ4v) is 5.66. The number of hydrogen-bond acceptors (Lipinski definition) is 12. The van der Waals surface area contributed by atoms with Crippen LogP contribution in [-0.4, -0.2) is 122 Å². The summed E-state index contributed by atoms with van der Waals surface area (Å²) in [5.74, 6) is -1.27. The number of carboxylic acids is 1. The maximum absolute atomic E-state index is 13.5. The zero-order valence-corrected chi connectivity index (χ0v) is 24.2. The number of amides is 2. The van der Waals surface area contributed by atoms with E-state index in [1.165, 1.54) is 23.8 Å². The number of rotatable bonds is 11. The minimum atomic E-state index is -1.93. The number of anilines is 1. The molecule has 5 N–H and O–H groups in total. The molecular formula is C29H37N5O10. The number of fused-ring (bicyclic) bond motifs is 1. The van der Waals surface area contributed by atoms with Crippen molar-refractivity contribution in [2.75, 3.05) is 38.6 Å². The number of pyridine rings is 2. The number of nitrogens with zero attached hydrogens (tertiary/aromatic N) is 4. The lowest BCUT2D eigenvalue weighted by Crippen LogP contribution is -2.60. The first-order valence-corrected chi connectivity index (χ1v) is 14.6. The lowest BCUT2D eigenvalue weighted by molar-refractivity contribution is -0.286. The number of aryl methyl sites for hydroxylation is 2. The van der Waals surface area contributed by atoms with Crippen LogP contribution in [0, 0.1) is 0 Å². The van der Waals surface area contributed by atoms with Crippen molar-refractivity contribution < 1.29 is 49.0 Å². The molecule has 2 saturated heterocycles. The third-order valence-corrected chi connectivity index (χ3v) is 8.09. The molecule has 2 aromatic rings. The lowest BCUT2D eigenvalue weighted by atomic mass is 9.99. The predicted molar refractivity (Wildman–Crippen MR) is 152 cm³/mol. The summed E-state index contributed by atoms with van der Waals surface area (Å²) in [4.78, 5) is 50.2. The second kappa shape index (κ2) is 13.7. The molecule has 6 atom stereocenters. The van der Waals surface area contributed by atoms with Gasteiger partial charge in [-0.05, 0) is 42.9 Å². The van der Waals surface area contributed by atoms with Crippen molar-refractivity contribution in [3.05, 3.63) is 47.3 Å². The summed E-state index contributed by atoms with van der Waals surface area (Å²) in [6, 6.07) is 6.28. The molecule has 0 spiro atoms. The van der Waals surface area contributed by atoms with Crippen LogP contribution in [0.1, 0.15) is 42.1 Å². The Hall–Kier alpha value is -4.05. The van der Waals surface area contributed by atoms with E-state index in [0.29, 0.717) is 43.9 Å². The van der Waals surface area contributed by atoms with E-state index in [0.717, 1.165) is 30.9 Å². The SMILES string of the molecule is COc1ccc([C@H](CC(=O)OC2O[C@H](C(=O)O)[C@@H](O)[C@H](O)[C@H]2O)N2CCN(CCCc3ccc4c(n3)NCCC4)C2=O)cn1. The standard InChI is InChI=1S/C29H37N5O10/c1-42-20-9-7-17(15-31-20)19(14-21(35)43-28-24(38)22(36)23(37)25(44-28)27(39)40)34-13-12-33(29(34)41)11-3-5-18-8-6-16-4-2-10-30-26(16)32-18/h6-9,15,19,22-25,28,36-38H,2-5,10-14H2,1H3,(H,30,32)(H,39,40)/t19-,22-,23-,24+,25-,28?/m0/s1. The van der Waals surface area contributed by atoms with Crippen LogP contribution >= 0.6 is 0 Å². The van der Waals surface area contributed by atoms with E-state index in [1.807, 2.05) is 6.07 Å². The summed E-state index contributed by atoms with van der Waals surface area (Å²) in [5, 5.41) is 42.9. The lowest BCUT2D eigenvalue weighted by Gasteiger charge is -2.38. The number of aromatic nitrogens is 2. The number of aliphatic carboxylic acids is 1. The molecule has 3 aliphatic rings. The number of carbonyl (C=O) groups excluding carboxylic acids is 2. The topological polar surface area (TPSA) is 204 Å². The molecule has 44 heavy (non-hydrogen) atoms. The average Bonchev–Trinajstić information content (AvgIpc) is 3.39. The fraction of sp³-hybridized carbons (Fsp3) is 0.552. The monoisotopic (exact) mass is 615 g/mol. The summed E-state index contributed by atoms with van der Waals surface area (Å²) < 4.78 is 15.4. The third kappa shape index (κ3) is 6.85. The van der Waals surface area contributed by atoms with Crippen molar-refractivity contribution >= 4 is 23.8 Å². The second-order valence-corrected chi connectivity index (χ2v) is 11.0. The molecule has 238 valence electrons. The van der Waals surface area contributed by atoms with Gasteiger partial charge >= 0.3 is 18.0 Å². The Morgan fingerprint density at radius 2 is 1.95 bits per heavy atom. The van der Waals surface area contributed by atoms with Crippen LogP contribution in [0.15, 0.2) is 30.5 Å². The molecule has 2 aromatic heterocycles. The van der Waals surface area contributed by atoms with Crippen molar-refractivity contribution in [2.45, 2.75) is 68.9 Å². The van der Waals surface area contributed by atoms with E-state index in [-0.39, 0.29) is 12.5 Å². The molecule has 1 unspecified atom stereocenters. The number of aliphatic hydroxyl groups excluding tert-OH is 3. The molecule has 0 aliphatic carbocycles. The van der Waals surface area contributed by atoms with Gasteiger partial charge in [0, 0.05) is 44.1 Å². The average molecular weight is 616 g/mol. The number of nitrogens with one attached hydrogen (secondary N) is 1. The Balaban J connectivity index is 1.24. The highest BCUT2D eigenvalue weighted by Crippen LogP contribution is 2.31. The van der Waals surface area contributed by atoms with Gasteiger partial charge in [-0.3, -0.25) is 4.79 Å². The first kappa shape index (κ1) is 31.4. The number of ether oxygens (including phenoxy) is 3. The van der Waals surface area contributed by atoms with Gasteiger partial charge in [-0.2, -0.15) is 0 Å². The minimum Gasteiger partial charge on any atom is -0.481 e. The van der Waals surface area contributed by atoms with Crippen LogP contribution in [0.2, 0.25) is 0 Å². The molecule has 3 aliphatic heterocycles. The highest BCUT2D eigenvalue weighted by atomic mass is 16.7. The first-order chi connectivity index (χ1) is 21.2. The van der Waals surface area contributed by atoms with Crippen molar-refractivity contribution in [3.63, 3.8) is 0 Å². The molecule has 0 aromatic carbocycles. The maximum Gasteiger partial charge on any atom is 0.335 e. The Bertz CT molecular complexity index is 1340. The number of esters is 1. The Morgan fingerprint density at radius 3 is 2.68 bits per heavy atom. The van der Waals surface area contributed by atoms with Crippen LogP contribution in [0.4, 0.5) is 10.6 Å².